The van der Waals surface area contributed by atoms with E-state index in [0.717, 1.165) is 17.7 Å². The van der Waals surface area contributed by atoms with E-state index in [0.29, 0.717) is 0 Å². The molecule has 1 aliphatic rings. The summed E-state index contributed by atoms with van der Waals surface area (Å²) in [6.45, 7) is 4.18. The van der Waals surface area contributed by atoms with Crippen molar-refractivity contribution < 1.29 is 30.8 Å². The molecule has 2 heterocycles. The molecule has 2 rings (SSSR count). The van der Waals surface area contributed by atoms with Crippen LogP contribution in [0.15, 0.2) is 11.1 Å². The Morgan fingerprint density at radius 1 is 1.39 bits per heavy atom. The van der Waals surface area contributed by atoms with Crippen LogP contribution in [0.5, 0.6) is 0 Å². The summed E-state index contributed by atoms with van der Waals surface area (Å²) >= 11 is 0. The number of aryl methyl sites for hydroxylation is 1. The molecule has 0 aliphatic carbocycles. The molecular formula is C12H15F4N3O3S. The lowest BCUT2D eigenvalue weighted by molar-refractivity contribution is -0.142. The lowest BCUT2D eigenvalue weighted by atomic mass is 10.1. The van der Waals surface area contributed by atoms with Gasteiger partial charge in [0.05, 0.1) is 5.56 Å². The highest BCUT2D eigenvalue weighted by atomic mass is 32.2. The maximum atomic E-state index is 14.6. The molecule has 130 valence electrons. The average Bonchev–Trinajstić information content (AvgIpc) is 2.90. The van der Waals surface area contributed by atoms with E-state index >= 15 is 0 Å². The predicted octanol–water partition coefficient (Wildman–Crippen LogP) is 2.29. The second-order valence-corrected chi connectivity index (χ2v) is 7.59. The maximum Gasteiger partial charge on any atom is 0.435 e. The summed E-state index contributed by atoms with van der Waals surface area (Å²) < 4.78 is 78.9. The van der Waals surface area contributed by atoms with E-state index < -0.39 is 43.4 Å². The summed E-state index contributed by atoms with van der Waals surface area (Å²) in [5.74, 6) is 0. The number of rotatable bonds is 3. The van der Waals surface area contributed by atoms with Crippen LogP contribution in [-0.4, -0.2) is 23.8 Å². The fourth-order valence-electron chi connectivity index (χ4n) is 2.07. The van der Waals surface area contributed by atoms with E-state index in [1.54, 1.807) is 0 Å². The van der Waals surface area contributed by atoms with Gasteiger partial charge in [0, 0.05) is 12.7 Å². The van der Waals surface area contributed by atoms with Gasteiger partial charge in [-0.05, 0) is 26.8 Å². The van der Waals surface area contributed by atoms with Gasteiger partial charge >= 0.3 is 6.18 Å². The summed E-state index contributed by atoms with van der Waals surface area (Å²) in [6, 6.07) is 0. The Labute approximate surface area is 130 Å². The highest BCUT2D eigenvalue weighted by molar-refractivity contribution is 7.95. The van der Waals surface area contributed by atoms with Crippen LogP contribution in [0, 0.1) is 6.92 Å². The number of hydrogen-bond donors (Lipinski definition) is 1. The topological polar surface area (TPSA) is 73.2 Å². The summed E-state index contributed by atoms with van der Waals surface area (Å²) in [5, 5.41) is 2.57. The Hall–Kier alpha value is -1.62. The minimum Gasteiger partial charge on any atom is -0.272 e. The molecule has 0 fully saturated rings. The van der Waals surface area contributed by atoms with Gasteiger partial charge in [0.1, 0.15) is 5.60 Å². The van der Waals surface area contributed by atoms with Gasteiger partial charge in [-0.15, -0.1) is 0 Å². The first-order valence-electron chi connectivity index (χ1n) is 6.43. The zero-order valence-electron chi connectivity index (χ0n) is 12.7. The number of sulfone groups is 1. The quantitative estimate of drug-likeness (QED) is 0.841. The average molecular weight is 357 g/mol. The Morgan fingerprint density at radius 2 is 1.96 bits per heavy atom. The molecule has 0 radical (unpaired) electrons. The zero-order valence-corrected chi connectivity index (χ0v) is 13.5. The first-order valence-corrected chi connectivity index (χ1v) is 7.97. The molecule has 1 unspecified atom stereocenters. The van der Waals surface area contributed by atoms with E-state index in [-0.39, 0.29) is 5.69 Å². The Balaban J connectivity index is 2.56. The highest BCUT2D eigenvalue weighted by Crippen LogP contribution is 2.41. The second-order valence-electron chi connectivity index (χ2n) is 5.65. The molecule has 1 aliphatic heterocycles. The minimum atomic E-state index is -4.98. The Bertz CT molecular complexity index is 765. The van der Waals surface area contributed by atoms with Crippen LogP contribution >= 0.6 is 0 Å². The first-order chi connectivity index (χ1) is 10.3. The predicted molar refractivity (Wildman–Crippen MR) is 72.1 cm³/mol. The molecule has 0 amide bonds. The number of nitrogens with zero attached hydrogens (tertiary/aromatic N) is 2. The van der Waals surface area contributed by atoms with Crippen LogP contribution in [-0.2, 0) is 27.9 Å². The summed E-state index contributed by atoms with van der Waals surface area (Å²) in [4.78, 5) is 4.93. The van der Waals surface area contributed by atoms with Crippen molar-refractivity contribution in [3.05, 3.63) is 28.1 Å². The number of alkyl halides is 4. The van der Waals surface area contributed by atoms with Crippen molar-refractivity contribution in [3.8, 4) is 0 Å². The van der Waals surface area contributed by atoms with Crippen molar-refractivity contribution in [1.29, 1.82) is 0 Å². The molecule has 0 spiro atoms. The van der Waals surface area contributed by atoms with E-state index in [1.807, 2.05) is 5.48 Å². The van der Waals surface area contributed by atoms with Crippen molar-refractivity contribution in [2.24, 2.45) is 7.05 Å². The Morgan fingerprint density at radius 3 is 2.39 bits per heavy atom. The van der Waals surface area contributed by atoms with Gasteiger partial charge in [-0.1, -0.05) is 0 Å². The fourth-order valence-corrected chi connectivity index (χ4v) is 3.49. The largest absolute Gasteiger partial charge is 0.435 e. The zero-order chi connectivity index (χ0) is 17.8. The molecule has 11 heteroatoms. The molecular weight excluding hydrogens is 342 g/mol. The highest BCUT2D eigenvalue weighted by Gasteiger charge is 2.46. The van der Waals surface area contributed by atoms with Gasteiger partial charge in [0.25, 0.3) is 0 Å². The Kier molecular flexibility index (Phi) is 4.01. The van der Waals surface area contributed by atoms with E-state index in [9.17, 15) is 26.0 Å². The van der Waals surface area contributed by atoms with Gasteiger partial charge in [0.2, 0.25) is 15.3 Å². The third-order valence-corrected chi connectivity index (χ3v) is 4.94. The van der Waals surface area contributed by atoms with Gasteiger partial charge in [-0.2, -0.15) is 18.3 Å². The second kappa shape index (κ2) is 5.20. The minimum absolute atomic E-state index is 0.229. The summed E-state index contributed by atoms with van der Waals surface area (Å²) in [6.07, 6.45) is -3.89. The number of nitrogens with one attached hydrogen (secondary N) is 1. The monoisotopic (exact) mass is 357 g/mol. The SMILES string of the molecule is Cc1c(C(F)S(=O)(=O)C2=CC(C)(C)ON2)c(C(F)(F)F)nn1C. The van der Waals surface area contributed by atoms with Crippen molar-refractivity contribution in [2.75, 3.05) is 0 Å². The standard InChI is InChI=1S/C12H15F4N3O3S/c1-6-8(9(12(14,15)16)17-19(6)4)10(13)23(20,21)7-5-11(2,3)22-18-7/h5,10,18H,1-4H3. The lowest BCUT2D eigenvalue weighted by Crippen LogP contribution is -2.24. The number of aromatic nitrogens is 2. The van der Waals surface area contributed by atoms with Crippen LogP contribution < -0.4 is 5.48 Å². The molecule has 1 N–H and O–H groups in total. The molecule has 0 bridgehead atoms. The van der Waals surface area contributed by atoms with Crippen LogP contribution in [0.1, 0.15) is 36.3 Å². The first kappa shape index (κ1) is 17.7. The number of hydrogen-bond acceptors (Lipinski definition) is 5. The van der Waals surface area contributed by atoms with Gasteiger partial charge < -0.3 is 0 Å². The normalized spacial score (nSPS) is 19.4. The van der Waals surface area contributed by atoms with Crippen molar-refractivity contribution >= 4 is 9.84 Å². The molecule has 1 aromatic rings. The third kappa shape index (κ3) is 3.07. The molecule has 23 heavy (non-hydrogen) atoms. The van der Waals surface area contributed by atoms with E-state index in [1.165, 1.54) is 20.9 Å². The number of hydroxylamine groups is 1. The molecule has 1 atom stereocenters. The third-order valence-electron chi connectivity index (χ3n) is 3.35. The van der Waals surface area contributed by atoms with Gasteiger partial charge in [0.15, 0.2) is 10.7 Å². The smallest absolute Gasteiger partial charge is 0.272 e. The lowest BCUT2D eigenvalue weighted by Gasteiger charge is -2.13. The van der Waals surface area contributed by atoms with Gasteiger partial charge in [-0.3, -0.25) is 15.0 Å². The van der Waals surface area contributed by atoms with Crippen LogP contribution in [0.4, 0.5) is 17.6 Å². The van der Waals surface area contributed by atoms with E-state index in [2.05, 4.69) is 5.10 Å². The van der Waals surface area contributed by atoms with Crippen LogP contribution in [0.2, 0.25) is 0 Å². The van der Waals surface area contributed by atoms with Crippen LogP contribution in [0.25, 0.3) is 0 Å². The molecule has 1 aromatic heterocycles. The molecule has 0 saturated carbocycles. The van der Waals surface area contributed by atoms with Crippen LogP contribution in [0.3, 0.4) is 0 Å². The van der Waals surface area contributed by atoms with Crippen molar-refractivity contribution in [2.45, 2.75) is 38.1 Å². The van der Waals surface area contributed by atoms with Crippen molar-refractivity contribution in [1.82, 2.24) is 15.3 Å². The van der Waals surface area contributed by atoms with Gasteiger partial charge in [-0.25, -0.2) is 12.8 Å². The maximum absolute atomic E-state index is 14.6. The number of halogens is 4. The fraction of sp³-hybridized carbons (Fsp3) is 0.583. The molecule has 6 nitrogen and oxygen atoms in total. The molecule has 0 aromatic carbocycles. The van der Waals surface area contributed by atoms with E-state index in [4.69, 9.17) is 4.84 Å². The summed E-state index contributed by atoms with van der Waals surface area (Å²) in [7, 11) is -3.58. The van der Waals surface area contributed by atoms with Crippen molar-refractivity contribution in [3.63, 3.8) is 0 Å². The summed E-state index contributed by atoms with van der Waals surface area (Å²) in [5.41, 5.74) is -4.72. The molecule has 0 saturated heterocycles.